The van der Waals surface area contributed by atoms with E-state index in [0.29, 0.717) is 6.54 Å². The molecule has 0 fully saturated rings. The molecule has 0 radical (unpaired) electrons. The van der Waals surface area contributed by atoms with Crippen molar-refractivity contribution in [2.24, 2.45) is 4.99 Å². The number of hydrogen-bond donors (Lipinski definition) is 2. The molecule has 1 aliphatic rings. The van der Waals surface area contributed by atoms with Crippen LogP contribution in [0.15, 0.2) is 35.6 Å². The van der Waals surface area contributed by atoms with Gasteiger partial charge in [-0.05, 0) is 18.6 Å². The first-order valence-corrected chi connectivity index (χ1v) is 5.87. The Morgan fingerprint density at radius 2 is 2.41 bits per heavy atom. The third kappa shape index (κ3) is 2.22. The summed E-state index contributed by atoms with van der Waals surface area (Å²) in [5.41, 5.74) is 1.99. The highest BCUT2D eigenvalue weighted by molar-refractivity contribution is 5.80. The molecule has 17 heavy (non-hydrogen) atoms. The zero-order chi connectivity index (χ0) is 11.5. The first kappa shape index (κ1) is 10.1. The van der Waals surface area contributed by atoms with Crippen LogP contribution in [0.4, 0.5) is 0 Å². The summed E-state index contributed by atoms with van der Waals surface area (Å²) in [6.07, 6.45) is 5.15. The van der Waals surface area contributed by atoms with Crippen LogP contribution in [-0.2, 0) is 6.54 Å². The Hall–Kier alpha value is -2.04. The number of imidazole rings is 1. The molecule has 0 saturated heterocycles. The normalized spacial score (nSPS) is 15.4. The standard InChI is InChI=1S/C12H15N5/c1-2-7-17-9-10(16-11(17)4-1)8-15-12-13-5-3-6-14-12/h1-2,4,7,9H,3,5-6,8H2,(H2,13,14,15). The third-order valence-corrected chi connectivity index (χ3v) is 2.75. The number of nitrogens with zero attached hydrogens (tertiary/aromatic N) is 3. The largest absolute Gasteiger partial charge is 0.356 e. The van der Waals surface area contributed by atoms with Gasteiger partial charge in [0.05, 0.1) is 12.2 Å². The molecule has 3 rings (SSSR count). The maximum atomic E-state index is 4.51. The summed E-state index contributed by atoms with van der Waals surface area (Å²) in [6.45, 7) is 2.60. The van der Waals surface area contributed by atoms with Crippen LogP contribution in [0.2, 0.25) is 0 Å². The fourth-order valence-corrected chi connectivity index (χ4v) is 1.90. The minimum Gasteiger partial charge on any atom is -0.356 e. The van der Waals surface area contributed by atoms with Gasteiger partial charge >= 0.3 is 0 Å². The van der Waals surface area contributed by atoms with Crippen molar-refractivity contribution in [1.82, 2.24) is 20.0 Å². The van der Waals surface area contributed by atoms with Crippen molar-refractivity contribution in [3.8, 4) is 0 Å². The molecule has 0 bridgehead atoms. The molecule has 5 nitrogen and oxygen atoms in total. The monoisotopic (exact) mass is 229 g/mol. The molecule has 0 amide bonds. The lowest BCUT2D eigenvalue weighted by molar-refractivity contribution is 0.699. The van der Waals surface area contributed by atoms with Gasteiger partial charge in [-0.25, -0.2) is 4.98 Å². The van der Waals surface area contributed by atoms with Crippen LogP contribution in [0.3, 0.4) is 0 Å². The van der Waals surface area contributed by atoms with Crippen molar-refractivity contribution in [2.75, 3.05) is 13.1 Å². The average Bonchev–Trinajstić information content (AvgIpc) is 2.80. The van der Waals surface area contributed by atoms with Gasteiger partial charge in [0.1, 0.15) is 5.65 Å². The molecule has 88 valence electrons. The zero-order valence-electron chi connectivity index (χ0n) is 9.56. The van der Waals surface area contributed by atoms with Gasteiger partial charge in [-0.15, -0.1) is 0 Å². The predicted octanol–water partition coefficient (Wildman–Crippen LogP) is 0.773. The lowest BCUT2D eigenvalue weighted by atomic mass is 10.4. The fourth-order valence-electron chi connectivity index (χ4n) is 1.90. The second kappa shape index (κ2) is 4.45. The van der Waals surface area contributed by atoms with E-state index in [-0.39, 0.29) is 0 Å². The van der Waals surface area contributed by atoms with E-state index in [2.05, 4.69) is 20.6 Å². The summed E-state index contributed by atoms with van der Waals surface area (Å²) in [6, 6.07) is 5.99. The molecule has 2 aromatic heterocycles. The van der Waals surface area contributed by atoms with E-state index in [9.17, 15) is 0 Å². The average molecular weight is 229 g/mol. The summed E-state index contributed by atoms with van der Waals surface area (Å²) < 4.78 is 2.02. The second-order valence-electron chi connectivity index (χ2n) is 4.06. The van der Waals surface area contributed by atoms with Gasteiger partial charge in [0.25, 0.3) is 0 Å². The number of hydrogen-bond acceptors (Lipinski definition) is 4. The van der Waals surface area contributed by atoms with Crippen molar-refractivity contribution < 1.29 is 0 Å². The quantitative estimate of drug-likeness (QED) is 0.800. The molecule has 2 aromatic rings. The highest BCUT2D eigenvalue weighted by atomic mass is 15.2. The Bertz CT molecular complexity index is 510. The summed E-state index contributed by atoms with van der Waals surface area (Å²) in [5.74, 6) is 0.883. The van der Waals surface area contributed by atoms with Crippen molar-refractivity contribution >= 4 is 11.6 Å². The van der Waals surface area contributed by atoms with E-state index in [4.69, 9.17) is 0 Å². The predicted molar refractivity (Wildman–Crippen MR) is 67.0 cm³/mol. The zero-order valence-corrected chi connectivity index (χ0v) is 9.56. The molecule has 5 heteroatoms. The number of aliphatic imine (C=N–C) groups is 1. The number of rotatable bonds is 2. The Kier molecular flexibility index (Phi) is 2.65. The highest BCUT2D eigenvalue weighted by Gasteiger charge is 2.05. The van der Waals surface area contributed by atoms with E-state index >= 15 is 0 Å². The van der Waals surface area contributed by atoms with Crippen LogP contribution in [-0.4, -0.2) is 28.4 Å². The van der Waals surface area contributed by atoms with Crippen LogP contribution >= 0.6 is 0 Å². The molecule has 0 atom stereocenters. The molecule has 0 saturated carbocycles. The SMILES string of the molecule is c1ccn2cc(CNC3=NCCCN3)nc2c1. The van der Waals surface area contributed by atoms with Crippen LogP contribution in [0.5, 0.6) is 0 Å². The van der Waals surface area contributed by atoms with Gasteiger partial charge in [0, 0.05) is 25.5 Å². The lowest BCUT2D eigenvalue weighted by Crippen LogP contribution is -2.40. The third-order valence-electron chi connectivity index (χ3n) is 2.75. The van der Waals surface area contributed by atoms with E-state index in [1.807, 2.05) is 35.0 Å². The number of aromatic nitrogens is 2. The minimum atomic E-state index is 0.702. The van der Waals surface area contributed by atoms with Crippen molar-refractivity contribution in [3.63, 3.8) is 0 Å². The Labute approximate surface area is 99.6 Å². The molecule has 0 aromatic carbocycles. The molecular weight excluding hydrogens is 214 g/mol. The van der Waals surface area contributed by atoms with Crippen LogP contribution < -0.4 is 10.6 Å². The number of pyridine rings is 1. The smallest absolute Gasteiger partial charge is 0.191 e. The van der Waals surface area contributed by atoms with Gasteiger partial charge in [0.2, 0.25) is 0 Å². The summed E-state index contributed by atoms with van der Waals surface area (Å²) in [4.78, 5) is 8.87. The van der Waals surface area contributed by atoms with Crippen LogP contribution in [0.1, 0.15) is 12.1 Å². The molecule has 0 unspecified atom stereocenters. The fraction of sp³-hybridized carbons (Fsp3) is 0.333. The maximum Gasteiger partial charge on any atom is 0.191 e. The van der Waals surface area contributed by atoms with Gasteiger partial charge in [-0.3, -0.25) is 4.99 Å². The van der Waals surface area contributed by atoms with Gasteiger partial charge in [0.15, 0.2) is 5.96 Å². The van der Waals surface area contributed by atoms with Crippen LogP contribution in [0, 0.1) is 0 Å². The first-order valence-electron chi connectivity index (χ1n) is 5.87. The van der Waals surface area contributed by atoms with E-state index in [0.717, 1.165) is 36.8 Å². The van der Waals surface area contributed by atoms with Crippen molar-refractivity contribution in [3.05, 3.63) is 36.3 Å². The Morgan fingerprint density at radius 1 is 1.41 bits per heavy atom. The first-order chi connectivity index (χ1) is 8.42. The lowest BCUT2D eigenvalue weighted by Gasteiger charge is -2.15. The topological polar surface area (TPSA) is 53.7 Å². The molecule has 0 spiro atoms. The number of nitrogens with one attached hydrogen (secondary N) is 2. The van der Waals surface area contributed by atoms with Crippen LogP contribution in [0.25, 0.3) is 5.65 Å². The molecule has 2 N–H and O–H groups in total. The van der Waals surface area contributed by atoms with Crippen molar-refractivity contribution in [2.45, 2.75) is 13.0 Å². The van der Waals surface area contributed by atoms with E-state index in [1.54, 1.807) is 0 Å². The van der Waals surface area contributed by atoms with Gasteiger partial charge in [-0.2, -0.15) is 0 Å². The van der Waals surface area contributed by atoms with E-state index in [1.165, 1.54) is 0 Å². The minimum absolute atomic E-state index is 0.702. The molecular formula is C12H15N5. The highest BCUT2D eigenvalue weighted by Crippen LogP contribution is 2.04. The summed E-state index contributed by atoms with van der Waals surface area (Å²) >= 11 is 0. The Morgan fingerprint density at radius 3 is 3.24 bits per heavy atom. The molecule has 3 heterocycles. The second-order valence-corrected chi connectivity index (χ2v) is 4.06. The number of guanidine groups is 1. The van der Waals surface area contributed by atoms with Crippen molar-refractivity contribution in [1.29, 1.82) is 0 Å². The van der Waals surface area contributed by atoms with E-state index < -0.39 is 0 Å². The summed E-state index contributed by atoms with van der Waals surface area (Å²) in [5, 5.41) is 6.49. The Balaban J connectivity index is 1.70. The number of fused-ring (bicyclic) bond motifs is 1. The summed E-state index contributed by atoms with van der Waals surface area (Å²) in [7, 11) is 0. The maximum absolute atomic E-state index is 4.51. The molecule has 0 aliphatic carbocycles. The molecule has 1 aliphatic heterocycles. The van der Waals surface area contributed by atoms with Gasteiger partial charge < -0.3 is 15.0 Å². The van der Waals surface area contributed by atoms with Gasteiger partial charge in [-0.1, -0.05) is 6.07 Å².